The van der Waals surface area contributed by atoms with E-state index in [9.17, 15) is 19.7 Å². The van der Waals surface area contributed by atoms with E-state index in [1.54, 1.807) is 32.2 Å². The molecule has 1 atom stereocenters. The first kappa shape index (κ1) is 20.1. The minimum absolute atomic E-state index is 0.101. The molecule has 1 fully saturated rings. The lowest BCUT2D eigenvalue weighted by molar-refractivity contribution is -0.384. The summed E-state index contributed by atoms with van der Waals surface area (Å²) in [5.74, 6) is 0.549. The van der Waals surface area contributed by atoms with Crippen molar-refractivity contribution in [3.8, 4) is 17.0 Å². The van der Waals surface area contributed by atoms with Crippen LogP contribution in [0.3, 0.4) is 0 Å². The lowest BCUT2D eigenvalue weighted by atomic mass is 9.92. The van der Waals surface area contributed by atoms with Gasteiger partial charge in [0.2, 0.25) is 0 Å². The van der Waals surface area contributed by atoms with Gasteiger partial charge in [0.15, 0.2) is 5.76 Å². The van der Waals surface area contributed by atoms with Crippen LogP contribution < -0.4 is 10.1 Å². The Morgan fingerprint density at radius 3 is 2.45 bits per heavy atom. The first-order chi connectivity index (χ1) is 14.8. The number of methoxy groups -OCH3 is 1. The van der Waals surface area contributed by atoms with E-state index in [0.29, 0.717) is 22.8 Å². The molecule has 2 aromatic carbocycles. The molecule has 0 radical (unpaired) electrons. The number of carbonyl (C=O) groups excluding carboxylic acids is 2. The van der Waals surface area contributed by atoms with E-state index in [4.69, 9.17) is 9.26 Å². The normalized spacial score (nSPS) is 18.2. The number of nitro benzene ring substituents is 1. The highest BCUT2D eigenvalue weighted by Gasteiger charge is 2.49. The van der Waals surface area contributed by atoms with Crippen LogP contribution in [-0.2, 0) is 16.9 Å². The number of amides is 3. The molecule has 1 unspecified atom stereocenters. The van der Waals surface area contributed by atoms with Crippen molar-refractivity contribution in [3.63, 3.8) is 0 Å². The Morgan fingerprint density at radius 1 is 1.16 bits per heavy atom. The van der Waals surface area contributed by atoms with Crippen LogP contribution in [0.1, 0.15) is 18.2 Å². The van der Waals surface area contributed by atoms with Crippen LogP contribution in [0, 0.1) is 10.1 Å². The number of hydrogen-bond acceptors (Lipinski definition) is 7. The van der Waals surface area contributed by atoms with Crippen molar-refractivity contribution < 1.29 is 23.8 Å². The van der Waals surface area contributed by atoms with Crippen molar-refractivity contribution in [1.82, 2.24) is 15.4 Å². The minimum atomic E-state index is -1.34. The Bertz CT molecular complexity index is 1160. The summed E-state index contributed by atoms with van der Waals surface area (Å²) in [6.45, 7) is 1.45. The second-order valence-corrected chi connectivity index (χ2v) is 7.16. The van der Waals surface area contributed by atoms with Gasteiger partial charge in [0.1, 0.15) is 17.0 Å². The lowest BCUT2D eigenvalue weighted by Gasteiger charge is -2.21. The number of carbonyl (C=O) groups is 2. The van der Waals surface area contributed by atoms with Gasteiger partial charge in [-0.1, -0.05) is 5.16 Å². The second-order valence-electron chi connectivity index (χ2n) is 7.16. The van der Waals surface area contributed by atoms with E-state index in [0.717, 1.165) is 10.5 Å². The second kappa shape index (κ2) is 7.56. The summed E-state index contributed by atoms with van der Waals surface area (Å²) in [6.07, 6.45) is 0. The van der Waals surface area contributed by atoms with E-state index in [1.807, 2.05) is 12.1 Å². The third kappa shape index (κ3) is 3.59. The average molecular weight is 422 g/mol. The van der Waals surface area contributed by atoms with Gasteiger partial charge in [-0.25, -0.2) is 4.79 Å². The number of nitro groups is 1. The third-order valence-electron chi connectivity index (χ3n) is 5.19. The third-order valence-corrected chi connectivity index (χ3v) is 5.19. The zero-order chi connectivity index (χ0) is 22.2. The molecular weight excluding hydrogens is 404 g/mol. The summed E-state index contributed by atoms with van der Waals surface area (Å²) >= 11 is 0. The number of benzene rings is 2. The fraction of sp³-hybridized carbons (Fsp3) is 0.190. The molecule has 1 aliphatic rings. The van der Waals surface area contributed by atoms with E-state index >= 15 is 0 Å². The van der Waals surface area contributed by atoms with Gasteiger partial charge in [-0.05, 0) is 48.9 Å². The van der Waals surface area contributed by atoms with Crippen molar-refractivity contribution >= 4 is 17.6 Å². The van der Waals surface area contributed by atoms with E-state index in [-0.39, 0.29) is 12.2 Å². The molecule has 0 saturated carbocycles. The lowest BCUT2D eigenvalue weighted by Crippen LogP contribution is -2.40. The minimum Gasteiger partial charge on any atom is -0.497 e. The molecule has 4 rings (SSSR count). The molecule has 3 aromatic rings. The van der Waals surface area contributed by atoms with Gasteiger partial charge in [-0.15, -0.1) is 0 Å². The molecule has 10 heteroatoms. The summed E-state index contributed by atoms with van der Waals surface area (Å²) in [7, 11) is 1.58. The fourth-order valence-corrected chi connectivity index (χ4v) is 3.39. The van der Waals surface area contributed by atoms with Gasteiger partial charge < -0.3 is 14.6 Å². The van der Waals surface area contributed by atoms with Gasteiger partial charge >= 0.3 is 6.03 Å². The number of hydrogen-bond donors (Lipinski definition) is 1. The van der Waals surface area contributed by atoms with Crippen LogP contribution in [0.4, 0.5) is 10.5 Å². The molecule has 10 nitrogen and oxygen atoms in total. The number of aromatic nitrogens is 1. The van der Waals surface area contributed by atoms with Gasteiger partial charge in [0.05, 0.1) is 18.6 Å². The van der Waals surface area contributed by atoms with E-state index < -0.39 is 22.4 Å². The largest absolute Gasteiger partial charge is 0.497 e. The molecule has 158 valence electrons. The predicted molar refractivity (Wildman–Crippen MR) is 108 cm³/mol. The Labute approximate surface area is 176 Å². The highest BCUT2D eigenvalue weighted by atomic mass is 16.6. The SMILES string of the molecule is COc1ccc(-c2cc(CN3C(=O)NC(C)(c4ccc([N+](=O)[O-])cc4)C3=O)on2)cc1. The van der Waals surface area contributed by atoms with E-state index in [1.165, 1.54) is 24.3 Å². The maximum absolute atomic E-state index is 13.0. The first-order valence-electron chi connectivity index (χ1n) is 9.31. The maximum atomic E-state index is 13.0. The van der Waals surface area contributed by atoms with Crippen molar-refractivity contribution in [2.24, 2.45) is 0 Å². The molecule has 0 spiro atoms. The van der Waals surface area contributed by atoms with Crippen LogP contribution in [0.5, 0.6) is 5.75 Å². The number of ether oxygens (including phenoxy) is 1. The van der Waals surface area contributed by atoms with Crippen LogP contribution in [0.15, 0.2) is 59.1 Å². The Balaban J connectivity index is 1.53. The molecule has 1 N–H and O–H groups in total. The smallest absolute Gasteiger partial charge is 0.325 e. The molecule has 0 aliphatic carbocycles. The topological polar surface area (TPSA) is 128 Å². The van der Waals surface area contributed by atoms with Gasteiger partial charge in [-0.3, -0.25) is 19.8 Å². The summed E-state index contributed by atoms with van der Waals surface area (Å²) in [5, 5.41) is 17.5. The highest BCUT2D eigenvalue weighted by molar-refractivity contribution is 6.07. The Hall–Kier alpha value is -4.21. The molecule has 1 saturated heterocycles. The quantitative estimate of drug-likeness (QED) is 0.367. The predicted octanol–water partition coefficient (Wildman–Crippen LogP) is 3.23. The zero-order valence-corrected chi connectivity index (χ0v) is 16.7. The molecular formula is C21H18N4O6. The first-order valence-corrected chi connectivity index (χ1v) is 9.31. The number of nitrogens with one attached hydrogen (secondary N) is 1. The van der Waals surface area contributed by atoms with Crippen LogP contribution in [-0.4, -0.2) is 34.0 Å². The van der Waals surface area contributed by atoms with Crippen molar-refractivity contribution in [3.05, 3.63) is 76.0 Å². The van der Waals surface area contributed by atoms with Crippen molar-refractivity contribution in [2.75, 3.05) is 7.11 Å². The number of imide groups is 1. The molecule has 3 amide bonds. The van der Waals surface area contributed by atoms with Crippen molar-refractivity contribution in [2.45, 2.75) is 19.0 Å². The number of rotatable bonds is 6. The molecule has 1 aromatic heterocycles. The number of urea groups is 1. The molecule has 1 aliphatic heterocycles. The highest BCUT2D eigenvalue weighted by Crippen LogP contribution is 2.31. The summed E-state index contributed by atoms with van der Waals surface area (Å²) in [6, 6.07) is 13.8. The summed E-state index contributed by atoms with van der Waals surface area (Å²) in [5.41, 5.74) is 0.348. The van der Waals surface area contributed by atoms with Gasteiger partial charge in [0.25, 0.3) is 11.6 Å². The summed E-state index contributed by atoms with van der Waals surface area (Å²) < 4.78 is 10.5. The number of non-ortho nitro benzene ring substituents is 1. The Kier molecular flexibility index (Phi) is 4.90. The van der Waals surface area contributed by atoms with Crippen LogP contribution >= 0.6 is 0 Å². The maximum Gasteiger partial charge on any atom is 0.325 e. The van der Waals surface area contributed by atoms with Crippen LogP contribution in [0.2, 0.25) is 0 Å². The van der Waals surface area contributed by atoms with Crippen LogP contribution in [0.25, 0.3) is 11.3 Å². The van der Waals surface area contributed by atoms with Gasteiger partial charge in [0, 0.05) is 23.8 Å². The standard InChI is InChI=1S/C21H18N4O6/c1-21(14-5-7-15(8-6-14)25(28)29)19(26)24(20(27)22-21)12-17-11-18(23-31-17)13-3-9-16(30-2)10-4-13/h3-11H,12H2,1-2H3,(H,22,27). The van der Waals surface area contributed by atoms with Gasteiger partial charge in [-0.2, -0.15) is 0 Å². The number of nitrogens with zero attached hydrogens (tertiary/aromatic N) is 3. The molecule has 0 bridgehead atoms. The van der Waals surface area contributed by atoms with E-state index in [2.05, 4.69) is 10.5 Å². The monoisotopic (exact) mass is 422 g/mol. The molecule has 2 heterocycles. The average Bonchev–Trinajstić information content (AvgIpc) is 3.33. The fourth-order valence-electron chi connectivity index (χ4n) is 3.39. The Morgan fingerprint density at radius 2 is 1.84 bits per heavy atom. The van der Waals surface area contributed by atoms with Crippen molar-refractivity contribution in [1.29, 1.82) is 0 Å². The zero-order valence-electron chi connectivity index (χ0n) is 16.7. The summed E-state index contributed by atoms with van der Waals surface area (Å²) in [4.78, 5) is 36.9. The molecule has 31 heavy (non-hydrogen) atoms.